The first-order valence-electron chi connectivity index (χ1n) is 16.1. The molecule has 12 heteroatoms. The van der Waals surface area contributed by atoms with Gasteiger partial charge in [0, 0.05) is 21.3 Å². The molecule has 2 heterocycles. The van der Waals surface area contributed by atoms with E-state index in [2.05, 4.69) is 21.2 Å². The Hall–Kier alpha value is -4.35. The van der Waals surface area contributed by atoms with Crippen LogP contribution in [0.3, 0.4) is 0 Å². The minimum absolute atomic E-state index is 0.191. The Morgan fingerprint density at radius 3 is 2.47 bits per heavy atom. The van der Waals surface area contributed by atoms with E-state index in [9.17, 15) is 9.59 Å². The fourth-order valence-corrected chi connectivity index (χ4v) is 7.96. The number of halogens is 3. The third kappa shape index (κ3) is 7.79. The summed E-state index contributed by atoms with van der Waals surface area (Å²) in [6.07, 6.45) is 1.79. The number of hydrogen-bond acceptors (Lipinski definition) is 7. The average molecular weight is 808 g/mol. The predicted molar refractivity (Wildman–Crippen MR) is 207 cm³/mol. The normalized spacial score (nSPS) is 14.2. The topological polar surface area (TPSA) is 91.2 Å². The van der Waals surface area contributed by atoms with Gasteiger partial charge in [0.25, 0.3) is 11.5 Å². The van der Waals surface area contributed by atoms with Gasteiger partial charge in [0.1, 0.15) is 12.4 Å². The Balaban J connectivity index is 1.41. The van der Waals surface area contributed by atoms with Crippen molar-refractivity contribution in [1.29, 1.82) is 0 Å². The average Bonchev–Trinajstić information content (AvgIpc) is 3.39. The number of carbonyl (C=O) groups excluding carboxylic acids is 1. The molecule has 1 N–H and O–H groups in total. The zero-order valence-corrected chi connectivity index (χ0v) is 32.4. The lowest BCUT2D eigenvalue weighted by Gasteiger charge is -2.25. The van der Waals surface area contributed by atoms with Crippen molar-refractivity contribution >= 4 is 68.1 Å². The SMILES string of the molecule is CCOc1cc(/C=c2/sc3n(c2=O)[C@@H](c2ccc(OC)cc2)C(C(=O)Nc2ccc(C)cc2C)=C(C)N=3)cc(Br)c1OCc1ccc(Cl)cc1Cl. The number of methoxy groups -OCH3 is 1. The van der Waals surface area contributed by atoms with Gasteiger partial charge in [-0.2, -0.15) is 0 Å². The van der Waals surface area contributed by atoms with Crippen LogP contribution in [0.1, 0.15) is 47.7 Å². The van der Waals surface area contributed by atoms with Crippen LogP contribution in [-0.2, 0) is 11.4 Å². The van der Waals surface area contributed by atoms with Gasteiger partial charge in [-0.15, -0.1) is 0 Å². The molecule has 1 aliphatic heterocycles. The van der Waals surface area contributed by atoms with Crippen LogP contribution in [0.5, 0.6) is 17.2 Å². The molecule has 1 aromatic heterocycles. The van der Waals surface area contributed by atoms with Crippen LogP contribution in [0, 0.1) is 13.8 Å². The predicted octanol–water partition coefficient (Wildman–Crippen LogP) is 8.55. The number of nitrogens with zero attached hydrogens (tertiary/aromatic N) is 2. The van der Waals surface area contributed by atoms with Crippen molar-refractivity contribution in [2.24, 2.45) is 4.99 Å². The van der Waals surface area contributed by atoms with Crippen molar-refractivity contribution in [2.45, 2.75) is 40.3 Å². The number of nitrogens with one attached hydrogen (secondary N) is 1. The summed E-state index contributed by atoms with van der Waals surface area (Å²) in [6, 6.07) is 21.4. The fraction of sp³-hybridized carbons (Fsp3) is 0.205. The second kappa shape index (κ2) is 15.5. The number of ether oxygens (including phenoxy) is 3. The molecule has 0 bridgehead atoms. The summed E-state index contributed by atoms with van der Waals surface area (Å²) >= 11 is 17.3. The van der Waals surface area contributed by atoms with E-state index in [1.807, 2.05) is 81.4 Å². The minimum atomic E-state index is -0.735. The number of aromatic nitrogens is 1. The summed E-state index contributed by atoms with van der Waals surface area (Å²) in [7, 11) is 1.59. The molecule has 0 spiro atoms. The number of aryl methyl sites for hydroxylation is 2. The molecule has 4 aromatic carbocycles. The van der Waals surface area contributed by atoms with E-state index < -0.39 is 6.04 Å². The molecule has 0 saturated heterocycles. The number of carbonyl (C=O) groups is 1. The van der Waals surface area contributed by atoms with E-state index in [0.717, 1.165) is 22.3 Å². The maximum Gasteiger partial charge on any atom is 0.271 e. The summed E-state index contributed by atoms with van der Waals surface area (Å²) < 4.78 is 20.2. The van der Waals surface area contributed by atoms with Gasteiger partial charge < -0.3 is 19.5 Å². The Morgan fingerprint density at radius 2 is 1.78 bits per heavy atom. The van der Waals surface area contributed by atoms with E-state index in [1.165, 1.54) is 11.3 Å². The monoisotopic (exact) mass is 805 g/mol. The molecule has 1 aliphatic rings. The number of hydrogen-bond donors (Lipinski definition) is 1. The number of rotatable bonds is 10. The lowest BCUT2D eigenvalue weighted by molar-refractivity contribution is -0.113. The summed E-state index contributed by atoms with van der Waals surface area (Å²) in [5, 5.41) is 4.10. The summed E-state index contributed by atoms with van der Waals surface area (Å²) in [5.41, 5.74) is 5.55. The Labute approximate surface area is 317 Å². The fourth-order valence-electron chi connectivity index (χ4n) is 5.87. The molecule has 1 atom stereocenters. The van der Waals surface area contributed by atoms with Crippen molar-refractivity contribution in [3.8, 4) is 17.2 Å². The number of anilines is 1. The lowest BCUT2D eigenvalue weighted by atomic mass is 9.95. The summed E-state index contributed by atoms with van der Waals surface area (Å²) in [6.45, 7) is 8.21. The second-order valence-corrected chi connectivity index (χ2v) is 14.6. The van der Waals surface area contributed by atoms with Gasteiger partial charge in [0.2, 0.25) is 0 Å². The van der Waals surface area contributed by atoms with Crippen LogP contribution in [0.4, 0.5) is 5.69 Å². The van der Waals surface area contributed by atoms with Gasteiger partial charge >= 0.3 is 0 Å². The van der Waals surface area contributed by atoms with Gasteiger partial charge in [-0.25, -0.2) is 4.99 Å². The molecule has 262 valence electrons. The van der Waals surface area contributed by atoms with Crippen molar-refractivity contribution in [1.82, 2.24) is 4.57 Å². The third-order valence-corrected chi connectivity index (χ3v) is 10.5. The third-order valence-electron chi connectivity index (χ3n) is 8.34. The Kier molecular flexibility index (Phi) is 11.1. The van der Waals surface area contributed by atoms with Crippen LogP contribution >= 0.6 is 50.5 Å². The first-order valence-corrected chi connectivity index (χ1v) is 18.4. The molecule has 5 aromatic rings. The van der Waals surface area contributed by atoms with Gasteiger partial charge in [0.05, 0.1) is 40.0 Å². The van der Waals surface area contributed by atoms with Crippen LogP contribution in [0.25, 0.3) is 6.08 Å². The van der Waals surface area contributed by atoms with Crippen LogP contribution in [-0.4, -0.2) is 24.2 Å². The zero-order valence-electron chi connectivity index (χ0n) is 28.5. The number of allylic oxidation sites excluding steroid dienone is 1. The van der Waals surface area contributed by atoms with Gasteiger partial charge in [-0.05, 0) is 109 Å². The maximum absolute atomic E-state index is 14.3. The molecule has 6 rings (SSSR count). The largest absolute Gasteiger partial charge is 0.497 e. The molecule has 1 amide bonds. The van der Waals surface area contributed by atoms with Gasteiger partial charge in [0.15, 0.2) is 16.3 Å². The first-order chi connectivity index (χ1) is 24.5. The van der Waals surface area contributed by atoms with Crippen molar-refractivity contribution in [3.63, 3.8) is 0 Å². The number of thiazole rings is 1. The Bertz CT molecular complexity index is 2370. The molecule has 8 nitrogen and oxygen atoms in total. The lowest BCUT2D eigenvalue weighted by Crippen LogP contribution is -2.40. The standard InChI is InChI=1S/C39H34BrCl2N3O5S/c1-6-49-32-17-24(16-29(40)36(32)50-20-26-8-11-27(41)19-30(26)42)18-33-38(47)45-35(25-9-12-28(48-5)13-10-25)34(23(4)43-39(45)51-33)37(46)44-31-14-7-21(2)15-22(31)3/h7-19,35H,6,20H2,1-5H3,(H,44,46)/b33-18+/t35-/m0/s1. The van der Waals surface area contributed by atoms with E-state index in [0.29, 0.717) is 70.2 Å². The summed E-state index contributed by atoms with van der Waals surface area (Å²) in [5.74, 6) is 1.32. The van der Waals surface area contributed by atoms with E-state index in [1.54, 1.807) is 36.8 Å². The highest BCUT2D eigenvalue weighted by Crippen LogP contribution is 2.38. The minimum Gasteiger partial charge on any atom is -0.497 e. The Morgan fingerprint density at radius 1 is 1.02 bits per heavy atom. The molecular formula is C39H34BrCl2N3O5S. The van der Waals surface area contributed by atoms with E-state index in [-0.39, 0.29) is 18.1 Å². The van der Waals surface area contributed by atoms with Crippen molar-refractivity contribution in [2.75, 3.05) is 19.0 Å². The number of amides is 1. The molecule has 0 fully saturated rings. The molecular weight excluding hydrogens is 773 g/mol. The van der Waals surface area contributed by atoms with Gasteiger partial charge in [-0.1, -0.05) is 70.4 Å². The summed E-state index contributed by atoms with van der Waals surface area (Å²) in [4.78, 5) is 33.7. The van der Waals surface area contributed by atoms with Crippen LogP contribution in [0.2, 0.25) is 10.0 Å². The van der Waals surface area contributed by atoms with Crippen LogP contribution < -0.4 is 34.4 Å². The van der Waals surface area contributed by atoms with E-state index >= 15 is 0 Å². The molecule has 51 heavy (non-hydrogen) atoms. The first kappa shape index (κ1) is 36.4. The van der Waals surface area contributed by atoms with Gasteiger partial charge in [-0.3, -0.25) is 14.2 Å². The molecule has 0 aliphatic carbocycles. The highest BCUT2D eigenvalue weighted by Gasteiger charge is 2.33. The van der Waals surface area contributed by atoms with Crippen molar-refractivity contribution in [3.05, 3.63) is 146 Å². The highest BCUT2D eigenvalue weighted by molar-refractivity contribution is 9.10. The molecule has 0 radical (unpaired) electrons. The quantitative estimate of drug-likeness (QED) is 0.153. The molecule has 0 saturated carbocycles. The maximum atomic E-state index is 14.3. The molecule has 0 unspecified atom stereocenters. The number of fused-ring (bicyclic) bond motifs is 1. The van der Waals surface area contributed by atoms with Crippen molar-refractivity contribution < 1.29 is 19.0 Å². The highest BCUT2D eigenvalue weighted by atomic mass is 79.9. The van der Waals surface area contributed by atoms with Crippen LogP contribution in [0.15, 0.2) is 98.3 Å². The second-order valence-electron chi connectivity index (χ2n) is 11.9. The number of benzene rings is 4. The van der Waals surface area contributed by atoms with E-state index in [4.69, 9.17) is 42.4 Å². The smallest absolute Gasteiger partial charge is 0.271 e. The zero-order chi connectivity index (χ0) is 36.4.